The smallest absolute Gasteiger partial charge is 0.329 e. The number of rotatable bonds is 8. The highest BCUT2D eigenvalue weighted by Crippen LogP contribution is 2.11. The van der Waals surface area contributed by atoms with E-state index < -0.39 is 5.97 Å². The van der Waals surface area contributed by atoms with Crippen molar-refractivity contribution in [3.63, 3.8) is 0 Å². The summed E-state index contributed by atoms with van der Waals surface area (Å²) in [5.41, 5.74) is 0. The first-order chi connectivity index (χ1) is 16.3. The van der Waals surface area contributed by atoms with Crippen molar-refractivity contribution < 1.29 is 28.7 Å². The van der Waals surface area contributed by atoms with Gasteiger partial charge in [0.1, 0.15) is 0 Å². The molecule has 2 aliphatic rings. The lowest BCUT2D eigenvalue weighted by Crippen LogP contribution is -2.44. The van der Waals surface area contributed by atoms with Gasteiger partial charge >= 0.3 is 11.9 Å². The second-order valence-electron chi connectivity index (χ2n) is 8.04. The van der Waals surface area contributed by atoms with Crippen LogP contribution in [-0.2, 0) is 28.7 Å². The van der Waals surface area contributed by atoms with Gasteiger partial charge in [0.25, 0.3) is 0 Å². The molecule has 2 rings (SSSR count). The molecule has 2 amide bonds. The lowest BCUT2D eigenvalue weighted by Gasteiger charge is -2.32. The number of carbonyl (C=O) groups is 4. The maximum absolute atomic E-state index is 11.2. The first-order valence-electron chi connectivity index (χ1n) is 12.1. The van der Waals surface area contributed by atoms with E-state index in [0.29, 0.717) is 31.3 Å². The Balaban J connectivity index is 0.000000547. The summed E-state index contributed by atoms with van der Waals surface area (Å²) in [6.07, 6.45) is 6.78. The number of nitrogens with zero attached hydrogens (tertiary/aromatic N) is 1. The van der Waals surface area contributed by atoms with Gasteiger partial charge in [0, 0.05) is 50.6 Å². The fourth-order valence-electron chi connectivity index (χ4n) is 3.36. The van der Waals surface area contributed by atoms with Gasteiger partial charge < -0.3 is 30.3 Å². The molecular formula is C24H44N4O6. The summed E-state index contributed by atoms with van der Waals surface area (Å²) in [5, 5.41) is 9.25. The normalized spacial score (nSPS) is 16.5. The van der Waals surface area contributed by atoms with Crippen LogP contribution in [0.3, 0.4) is 0 Å². The number of nitrogens with one attached hydrogen (secondary N) is 3. The van der Waals surface area contributed by atoms with Crippen molar-refractivity contribution in [2.24, 2.45) is 0 Å². The molecule has 2 aliphatic heterocycles. The highest BCUT2D eigenvalue weighted by Gasteiger charge is 2.20. The number of ether oxygens (including phenoxy) is 2. The number of amides is 2. The molecule has 196 valence electrons. The first kappa shape index (κ1) is 31.5. The number of hydrogen-bond donors (Lipinski definition) is 3. The molecule has 0 atom stereocenters. The minimum atomic E-state index is -0.394. The topological polar surface area (TPSA) is 126 Å². The summed E-state index contributed by atoms with van der Waals surface area (Å²) in [7, 11) is 2.72. The third-order valence-electron chi connectivity index (χ3n) is 5.53. The third-order valence-corrected chi connectivity index (χ3v) is 5.53. The first-order valence-corrected chi connectivity index (χ1v) is 12.1. The molecule has 0 aromatic carbocycles. The Kier molecular flexibility index (Phi) is 18.5. The fraction of sp³-hybridized carbons (Fsp3) is 0.750. The molecule has 3 N–H and O–H groups in total. The molecule has 2 fully saturated rings. The molecule has 0 aromatic rings. The molecule has 34 heavy (non-hydrogen) atoms. The number of methoxy groups -OCH3 is 2. The average Bonchev–Trinajstić information content (AvgIpc) is 2.88. The molecule has 2 heterocycles. The zero-order chi connectivity index (χ0) is 25.8. The van der Waals surface area contributed by atoms with E-state index >= 15 is 0 Å². The van der Waals surface area contributed by atoms with Crippen LogP contribution >= 0.6 is 0 Å². The number of hydrogen-bond acceptors (Lipinski definition) is 8. The van der Waals surface area contributed by atoms with E-state index in [2.05, 4.69) is 36.9 Å². The van der Waals surface area contributed by atoms with Crippen LogP contribution in [0.25, 0.3) is 0 Å². The SMILES string of the molecule is C=CC(=O)OC.CCC(=O)NC1CCN(CCC(=O)OC)CC1.CCC(=O)NC1CCNCC1. The second kappa shape index (κ2) is 20.0. The van der Waals surface area contributed by atoms with Gasteiger partial charge in [0.15, 0.2) is 0 Å². The molecule has 0 unspecified atom stereocenters. The molecule has 0 radical (unpaired) electrons. The van der Waals surface area contributed by atoms with Gasteiger partial charge in [-0.3, -0.25) is 14.4 Å². The predicted molar refractivity (Wildman–Crippen MR) is 131 cm³/mol. The van der Waals surface area contributed by atoms with Crippen LogP contribution in [0, 0.1) is 0 Å². The Labute approximate surface area is 204 Å². The molecule has 0 aliphatic carbocycles. The molecular weight excluding hydrogens is 440 g/mol. The van der Waals surface area contributed by atoms with E-state index in [1.165, 1.54) is 14.2 Å². The van der Waals surface area contributed by atoms with Crippen LogP contribution in [0.5, 0.6) is 0 Å². The van der Waals surface area contributed by atoms with E-state index in [9.17, 15) is 19.2 Å². The van der Waals surface area contributed by atoms with Crippen molar-refractivity contribution >= 4 is 23.8 Å². The number of likely N-dealkylation sites (tertiary alicyclic amines) is 1. The largest absolute Gasteiger partial charge is 0.469 e. The maximum atomic E-state index is 11.2. The van der Waals surface area contributed by atoms with Crippen LogP contribution in [0.15, 0.2) is 12.7 Å². The van der Waals surface area contributed by atoms with Gasteiger partial charge in [-0.1, -0.05) is 20.4 Å². The fourth-order valence-corrected chi connectivity index (χ4v) is 3.36. The van der Waals surface area contributed by atoms with E-state index in [-0.39, 0.29) is 17.8 Å². The molecule has 0 spiro atoms. The Morgan fingerprint density at radius 2 is 1.41 bits per heavy atom. The zero-order valence-corrected chi connectivity index (χ0v) is 21.3. The summed E-state index contributed by atoms with van der Waals surface area (Å²) >= 11 is 0. The molecule has 0 bridgehead atoms. The summed E-state index contributed by atoms with van der Waals surface area (Å²) in [5.74, 6) is -0.253. The van der Waals surface area contributed by atoms with Crippen LogP contribution < -0.4 is 16.0 Å². The molecule has 10 heteroatoms. The quantitative estimate of drug-likeness (QED) is 0.346. The molecule has 0 saturated carbocycles. The summed E-state index contributed by atoms with van der Waals surface area (Å²) in [6.45, 7) is 11.6. The minimum Gasteiger partial charge on any atom is -0.469 e. The second-order valence-corrected chi connectivity index (χ2v) is 8.04. The maximum Gasteiger partial charge on any atom is 0.329 e. The Bertz CT molecular complexity index is 615. The number of esters is 2. The highest BCUT2D eigenvalue weighted by molar-refractivity contribution is 5.80. The van der Waals surface area contributed by atoms with Gasteiger partial charge in [0.05, 0.1) is 20.6 Å². The monoisotopic (exact) mass is 484 g/mol. The minimum absolute atomic E-state index is 0.123. The molecule has 0 aromatic heterocycles. The van der Waals surface area contributed by atoms with Gasteiger partial charge in [-0.15, -0.1) is 0 Å². The predicted octanol–water partition coefficient (Wildman–Crippen LogP) is 1.15. The summed E-state index contributed by atoms with van der Waals surface area (Å²) in [4.78, 5) is 45.3. The van der Waals surface area contributed by atoms with E-state index in [1.807, 2.05) is 13.8 Å². The standard InChI is InChI=1S/C12H22N2O3.C8H16N2O.C4H6O2/c1-3-11(15)13-10-4-7-14(8-5-10)9-6-12(16)17-2;1-2-8(11)10-7-3-5-9-6-4-7;1-3-4(5)6-2/h10H,3-9H2,1-2H3,(H,13,15);7,9H,2-6H2,1H3,(H,10,11);3H,1H2,2H3. The summed E-state index contributed by atoms with van der Waals surface area (Å²) in [6, 6.07) is 0.723. The molecule has 10 nitrogen and oxygen atoms in total. The van der Waals surface area contributed by atoms with E-state index in [0.717, 1.165) is 64.5 Å². The van der Waals surface area contributed by atoms with Crippen molar-refractivity contribution in [2.75, 3.05) is 46.9 Å². The number of piperidine rings is 2. The lowest BCUT2D eigenvalue weighted by atomic mass is 10.0. The van der Waals surface area contributed by atoms with Crippen molar-refractivity contribution in [3.05, 3.63) is 12.7 Å². The van der Waals surface area contributed by atoms with Gasteiger partial charge in [0.2, 0.25) is 11.8 Å². The van der Waals surface area contributed by atoms with Crippen LogP contribution in [0.1, 0.15) is 58.8 Å². The highest BCUT2D eigenvalue weighted by atomic mass is 16.5. The van der Waals surface area contributed by atoms with Crippen molar-refractivity contribution in [1.82, 2.24) is 20.9 Å². The lowest BCUT2D eigenvalue weighted by molar-refractivity contribution is -0.141. The summed E-state index contributed by atoms with van der Waals surface area (Å²) < 4.78 is 8.75. The Morgan fingerprint density at radius 3 is 1.79 bits per heavy atom. The number of carbonyl (C=O) groups excluding carboxylic acids is 4. The van der Waals surface area contributed by atoms with Gasteiger partial charge in [-0.05, 0) is 38.8 Å². The van der Waals surface area contributed by atoms with Gasteiger partial charge in [-0.25, -0.2) is 4.79 Å². The average molecular weight is 485 g/mol. The van der Waals surface area contributed by atoms with Crippen LogP contribution in [0.4, 0.5) is 0 Å². The van der Waals surface area contributed by atoms with Crippen molar-refractivity contribution in [2.45, 2.75) is 70.9 Å². The van der Waals surface area contributed by atoms with Crippen molar-refractivity contribution in [1.29, 1.82) is 0 Å². The van der Waals surface area contributed by atoms with Crippen LogP contribution in [0.2, 0.25) is 0 Å². The van der Waals surface area contributed by atoms with E-state index in [4.69, 9.17) is 0 Å². The Hall–Kier alpha value is -2.46. The van der Waals surface area contributed by atoms with Gasteiger partial charge in [-0.2, -0.15) is 0 Å². The molecule has 2 saturated heterocycles. The van der Waals surface area contributed by atoms with E-state index in [1.54, 1.807) is 0 Å². The van der Waals surface area contributed by atoms with Crippen LogP contribution in [-0.4, -0.2) is 87.7 Å². The zero-order valence-electron chi connectivity index (χ0n) is 21.3. The van der Waals surface area contributed by atoms with Crippen molar-refractivity contribution in [3.8, 4) is 0 Å². The third kappa shape index (κ3) is 16.2. The Morgan fingerprint density at radius 1 is 0.912 bits per heavy atom.